The number of hydrogen-bond donors (Lipinski definition) is 2. The zero-order chi connectivity index (χ0) is 21.4. The Kier molecular flexibility index (Phi) is 4.86. The third-order valence-electron chi connectivity index (χ3n) is 5.40. The third kappa shape index (κ3) is 3.86. The maximum absolute atomic E-state index is 12.8. The molecule has 0 unspecified atom stereocenters. The molecule has 1 amide bonds. The number of H-pyrrole nitrogens is 1. The van der Waals surface area contributed by atoms with Crippen molar-refractivity contribution in [1.82, 2.24) is 15.3 Å². The Morgan fingerprint density at radius 2 is 1.87 bits per heavy atom. The van der Waals surface area contributed by atoms with Gasteiger partial charge in [0.1, 0.15) is 5.75 Å². The number of amides is 1. The lowest BCUT2D eigenvalue weighted by atomic mass is 10.0. The van der Waals surface area contributed by atoms with E-state index in [0.29, 0.717) is 23.1 Å². The summed E-state index contributed by atoms with van der Waals surface area (Å²) in [5.41, 5.74) is 5.62. The fourth-order valence-electron chi connectivity index (χ4n) is 3.74. The number of hydrogen-bond acceptors (Lipinski definition) is 3. The number of nitrogens with zero attached hydrogens (tertiary/aromatic N) is 1. The molecule has 1 aromatic heterocycles. The predicted octanol–water partition coefficient (Wildman–Crippen LogP) is 5.03. The number of imidazole rings is 1. The van der Waals surface area contributed by atoms with Gasteiger partial charge in [0.15, 0.2) is 5.82 Å². The summed E-state index contributed by atoms with van der Waals surface area (Å²) in [7, 11) is 0. The topological polar surface area (TPSA) is 67.0 Å². The van der Waals surface area contributed by atoms with Gasteiger partial charge >= 0.3 is 0 Å². The number of carbonyl (C=O) groups excluding carboxylic acids is 1. The van der Waals surface area contributed by atoms with Crippen molar-refractivity contribution in [2.45, 2.75) is 19.4 Å². The Morgan fingerprint density at radius 1 is 1.06 bits per heavy atom. The molecule has 2 heterocycles. The van der Waals surface area contributed by atoms with Gasteiger partial charge in [0.25, 0.3) is 12.3 Å². The highest BCUT2D eigenvalue weighted by Gasteiger charge is 2.15. The van der Waals surface area contributed by atoms with Crippen molar-refractivity contribution in [3.05, 3.63) is 83.2 Å². The Hall–Kier alpha value is -3.74. The van der Waals surface area contributed by atoms with E-state index in [9.17, 15) is 13.6 Å². The van der Waals surface area contributed by atoms with E-state index in [1.165, 1.54) is 11.6 Å². The van der Waals surface area contributed by atoms with Gasteiger partial charge in [-0.05, 0) is 52.6 Å². The number of benzene rings is 3. The lowest BCUT2D eigenvalue weighted by molar-refractivity contribution is 0.0951. The quantitative estimate of drug-likeness (QED) is 0.477. The molecule has 5 rings (SSSR count). The zero-order valence-electron chi connectivity index (χ0n) is 16.5. The minimum absolute atomic E-state index is 0.280. The van der Waals surface area contributed by atoms with Gasteiger partial charge in [-0.2, -0.15) is 0 Å². The number of nitrogens with one attached hydrogen (secondary N) is 2. The van der Waals surface area contributed by atoms with E-state index in [1.54, 1.807) is 12.1 Å². The summed E-state index contributed by atoms with van der Waals surface area (Å²) in [6.07, 6.45) is -1.75. The summed E-state index contributed by atoms with van der Waals surface area (Å²) < 4.78 is 31.1. The maximum atomic E-state index is 12.8. The average molecular weight is 419 g/mol. The number of aromatic nitrogens is 2. The lowest BCUT2D eigenvalue weighted by Crippen LogP contribution is -2.22. The normalized spacial score (nSPS) is 12.7. The van der Waals surface area contributed by atoms with Crippen LogP contribution in [0.25, 0.3) is 22.2 Å². The predicted molar refractivity (Wildman–Crippen MR) is 113 cm³/mol. The molecule has 0 atom stereocenters. The molecule has 2 N–H and O–H groups in total. The highest BCUT2D eigenvalue weighted by Crippen LogP contribution is 2.30. The summed E-state index contributed by atoms with van der Waals surface area (Å²) in [5, 5.41) is 2.86. The number of ether oxygens (including phenoxy) is 1. The monoisotopic (exact) mass is 419 g/mol. The molecule has 4 aromatic rings. The Bertz CT molecular complexity index is 1270. The molecule has 0 spiro atoms. The maximum Gasteiger partial charge on any atom is 0.295 e. The van der Waals surface area contributed by atoms with E-state index in [1.807, 2.05) is 36.4 Å². The molecule has 5 nitrogen and oxygen atoms in total. The highest BCUT2D eigenvalue weighted by atomic mass is 19.3. The van der Waals surface area contributed by atoms with Gasteiger partial charge < -0.3 is 15.0 Å². The van der Waals surface area contributed by atoms with E-state index in [2.05, 4.69) is 21.4 Å². The zero-order valence-corrected chi connectivity index (χ0v) is 16.5. The number of halogens is 2. The molecule has 3 aromatic carbocycles. The molecule has 0 radical (unpaired) electrons. The van der Waals surface area contributed by atoms with Crippen molar-refractivity contribution in [3.63, 3.8) is 0 Å². The Labute approximate surface area is 177 Å². The summed E-state index contributed by atoms with van der Waals surface area (Å²) in [6, 6.07) is 18.9. The Morgan fingerprint density at radius 3 is 2.68 bits per heavy atom. The number of fused-ring (bicyclic) bond motifs is 2. The van der Waals surface area contributed by atoms with E-state index in [0.717, 1.165) is 35.5 Å². The van der Waals surface area contributed by atoms with Crippen LogP contribution in [-0.4, -0.2) is 22.5 Å². The fraction of sp³-hybridized carbons (Fsp3) is 0.167. The third-order valence-corrected chi connectivity index (χ3v) is 5.40. The van der Waals surface area contributed by atoms with Crippen LogP contribution in [0, 0.1) is 0 Å². The first-order chi connectivity index (χ1) is 15.1. The molecular formula is C24H19F2N3O2. The van der Waals surface area contributed by atoms with Crippen molar-refractivity contribution < 1.29 is 18.3 Å². The molecular weight excluding hydrogens is 400 g/mol. The van der Waals surface area contributed by atoms with Gasteiger partial charge in [-0.25, -0.2) is 13.8 Å². The van der Waals surface area contributed by atoms with Gasteiger partial charge in [-0.15, -0.1) is 0 Å². The first-order valence-corrected chi connectivity index (χ1v) is 9.98. The standard InChI is InChI=1S/C24H19F2N3O2/c25-22(26)23-28-19-7-5-18(12-20(19)29-23)24(30)27-13-14-1-3-15(4-2-14)16-6-8-21-17(11-16)9-10-31-21/h1-8,11-12,22H,9-10,13H2,(H,27,30)(H,28,29). The molecule has 0 fully saturated rings. The van der Waals surface area contributed by atoms with E-state index in [4.69, 9.17) is 4.74 Å². The van der Waals surface area contributed by atoms with E-state index >= 15 is 0 Å². The second-order valence-electron chi connectivity index (χ2n) is 7.46. The summed E-state index contributed by atoms with van der Waals surface area (Å²) in [4.78, 5) is 18.9. The van der Waals surface area contributed by atoms with Crippen LogP contribution in [0.3, 0.4) is 0 Å². The molecule has 0 saturated carbocycles. The minimum Gasteiger partial charge on any atom is -0.493 e. The van der Waals surface area contributed by atoms with Crippen LogP contribution < -0.4 is 10.1 Å². The van der Waals surface area contributed by atoms with Crippen LogP contribution in [0.5, 0.6) is 5.75 Å². The first-order valence-electron chi connectivity index (χ1n) is 9.98. The van der Waals surface area contributed by atoms with Gasteiger partial charge in [-0.3, -0.25) is 4.79 Å². The minimum atomic E-state index is -2.68. The van der Waals surface area contributed by atoms with Crippen molar-refractivity contribution >= 4 is 16.9 Å². The van der Waals surface area contributed by atoms with Crippen LogP contribution in [0.2, 0.25) is 0 Å². The molecule has 7 heteroatoms. The van der Waals surface area contributed by atoms with Gasteiger partial charge in [0, 0.05) is 18.5 Å². The van der Waals surface area contributed by atoms with Gasteiger partial charge in [0.05, 0.1) is 17.6 Å². The van der Waals surface area contributed by atoms with Crippen LogP contribution >= 0.6 is 0 Å². The lowest BCUT2D eigenvalue weighted by Gasteiger charge is -2.08. The second-order valence-corrected chi connectivity index (χ2v) is 7.46. The van der Waals surface area contributed by atoms with Gasteiger partial charge in [0.2, 0.25) is 0 Å². The van der Waals surface area contributed by atoms with Crippen molar-refractivity contribution in [2.24, 2.45) is 0 Å². The van der Waals surface area contributed by atoms with Crippen LogP contribution in [0.15, 0.2) is 60.7 Å². The number of aromatic amines is 1. The second kappa shape index (κ2) is 7.83. The Balaban J connectivity index is 1.25. The summed E-state index contributed by atoms with van der Waals surface area (Å²) in [5.74, 6) is 0.281. The smallest absolute Gasteiger partial charge is 0.295 e. The van der Waals surface area contributed by atoms with Crippen LogP contribution in [0.1, 0.15) is 33.7 Å². The number of alkyl halides is 2. The van der Waals surface area contributed by atoms with Crippen molar-refractivity contribution in [3.8, 4) is 16.9 Å². The molecule has 0 aliphatic carbocycles. The average Bonchev–Trinajstić information content (AvgIpc) is 3.43. The molecule has 1 aliphatic rings. The molecule has 156 valence electrons. The summed E-state index contributed by atoms with van der Waals surface area (Å²) in [6.45, 7) is 1.10. The van der Waals surface area contributed by atoms with Crippen molar-refractivity contribution in [1.29, 1.82) is 0 Å². The SMILES string of the molecule is O=C(NCc1ccc(-c2ccc3c(c2)CCO3)cc1)c1ccc2nc(C(F)F)[nH]c2c1. The molecule has 0 saturated heterocycles. The highest BCUT2D eigenvalue weighted by molar-refractivity contribution is 5.97. The largest absolute Gasteiger partial charge is 0.493 e. The first kappa shape index (κ1) is 19.2. The van der Waals surface area contributed by atoms with E-state index < -0.39 is 12.2 Å². The van der Waals surface area contributed by atoms with Gasteiger partial charge in [-0.1, -0.05) is 30.3 Å². The number of carbonyl (C=O) groups is 1. The molecule has 0 bridgehead atoms. The number of rotatable bonds is 5. The molecule has 31 heavy (non-hydrogen) atoms. The fourth-order valence-corrected chi connectivity index (χ4v) is 3.74. The van der Waals surface area contributed by atoms with Crippen LogP contribution in [-0.2, 0) is 13.0 Å². The molecule has 1 aliphatic heterocycles. The van der Waals surface area contributed by atoms with Crippen molar-refractivity contribution in [2.75, 3.05) is 6.61 Å². The van der Waals surface area contributed by atoms with Crippen LogP contribution in [0.4, 0.5) is 8.78 Å². The summed E-state index contributed by atoms with van der Waals surface area (Å²) >= 11 is 0. The van der Waals surface area contributed by atoms with E-state index in [-0.39, 0.29) is 5.91 Å².